The molecule has 7 heterocycles. The molecule has 566 valence electrons. The van der Waals surface area contributed by atoms with Gasteiger partial charge in [-0.25, -0.2) is 36.4 Å². The van der Waals surface area contributed by atoms with Crippen LogP contribution in [0, 0.1) is 0 Å². The van der Waals surface area contributed by atoms with Crippen LogP contribution in [0.15, 0.2) is 86.1 Å². The molecule has 3 aromatic carbocycles. The van der Waals surface area contributed by atoms with Gasteiger partial charge in [0.25, 0.3) is 20.2 Å². The number of aliphatic carboxylic acids is 1. The highest BCUT2D eigenvalue weighted by Gasteiger charge is 2.39. The SMILES string of the molecule is CC(C)(C)OC(=O)N1CC(O)C1.CCCCOCc1ccccc1.CCCc1nn(C)c2c(=O)[nH]c(-c3cc(S(=O)(=O)Cl)ccc3OCC)nc12.CCCc1nn(C)c2c(=O)[nH]c(-c3cc(S(=O)(=O)N4CC(OCCCO)C4)ccc3OCC)nc12.O=C(O)C(F)(F)F.OCCCOC1CNC1. The molecule has 10 rings (SSSR count). The van der Waals surface area contributed by atoms with Gasteiger partial charge in [0.1, 0.15) is 39.8 Å². The molecular formula is C67H95ClF3N11O18S2. The van der Waals surface area contributed by atoms with E-state index in [1.165, 1.54) is 60.9 Å². The van der Waals surface area contributed by atoms with Crippen molar-refractivity contribution in [1.29, 1.82) is 0 Å². The number of β-amino-alcohol motifs (C(OH)–C–C–N with tert-alkyl or cyclic N) is 1. The summed E-state index contributed by atoms with van der Waals surface area (Å²) >= 11 is 0. The van der Waals surface area contributed by atoms with Gasteiger partial charge in [0.2, 0.25) is 10.0 Å². The van der Waals surface area contributed by atoms with Crippen LogP contribution in [0.3, 0.4) is 0 Å². The van der Waals surface area contributed by atoms with E-state index in [4.69, 9.17) is 64.3 Å². The zero-order valence-electron chi connectivity index (χ0n) is 59.0. The number of ether oxygens (including phenoxy) is 6. The minimum absolute atomic E-state index is 0.0323. The number of carboxylic acids is 1. The van der Waals surface area contributed by atoms with Crippen LogP contribution in [0.2, 0.25) is 0 Å². The van der Waals surface area contributed by atoms with E-state index in [0.717, 1.165) is 52.0 Å². The summed E-state index contributed by atoms with van der Waals surface area (Å²) in [7, 11) is 1.12. The van der Waals surface area contributed by atoms with Gasteiger partial charge in [-0.05, 0) is 109 Å². The van der Waals surface area contributed by atoms with E-state index >= 15 is 0 Å². The Morgan fingerprint density at radius 1 is 0.667 bits per heavy atom. The van der Waals surface area contributed by atoms with Crippen LogP contribution < -0.4 is 25.9 Å². The summed E-state index contributed by atoms with van der Waals surface area (Å²) in [5.41, 5.74) is 3.94. The number of H-pyrrole nitrogens is 2. The fraction of sp³-hybridized carbons (Fsp3) is 0.552. The number of carbonyl (C=O) groups is 2. The fourth-order valence-electron chi connectivity index (χ4n) is 9.62. The molecule has 3 fully saturated rings. The first-order valence-electron chi connectivity index (χ1n) is 33.4. The second-order valence-electron chi connectivity index (χ2n) is 24.3. The number of halogens is 4. The van der Waals surface area contributed by atoms with Crippen molar-refractivity contribution in [3.8, 4) is 34.3 Å². The average Bonchev–Trinajstić information content (AvgIpc) is 1.35. The molecule has 0 saturated carbocycles. The smallest absolute Gasteiger partial charge is 0.490 e. The molecule has 7 N–H and O–H groups in total. The molecule has 7 aromatic rings. The van der Waals surface area contributed by atoms with Crippen molar-refractivity contribution in [2.75, 3.05) is 85.5 Å². The van der Waals surface area contributed by atoms with Gasteiger partial charge in [0.05, 0.1) is 83.5 Å². The van der Waals surface area contributed by atoms with Crippen LogP contribution in [-0.2, 0) is 76.4 Å². The van der Waals surface area contributed by atoms with Gasteiger partial charge in [-0.2, -0.15) is 27.7 Å². The molecule has 0 spiro atoms. The Labute approximate surface area is 595 Å². The number of aromatic amines is 2. The number of fused-ring (bicyclic) bond motifs is 2. The summed E-state index contributed by atoms with van der Waals surface area (Å²) in [5, 5.41) is 45.2. The molecule has 0 atom stereocenters. The second-order valence-corrected chi connectivity index (χ2v) is 28.8. The van der Waals surface area contributed by atoms with Crippen LogP contribution in [0.25, 0.3) is 44.8 Å². The minimum Gasteiger partial charge on any atom is -0.493 e. The summed E-state index contributed by atoms with van der Waals surface area (Å²) in [6.45, 7) is 22.2. The van der Waals surface area contributed by atoms with E-state index in [-0.39, 0.29) is 77.2 Å². The number of rotatable bonds is 26. The van der Waals surface area contributed by atoms with E-state index in [1.54, 1.807) is 27.1 Å². The predicted octanol–water partition coefficient (Wildman–Crippen LogP) is 7.64. The summed E-state index contributed by atoms with van der Waals surface area (Å²) in [5.74, 6) is -1.52. The lowest BCUT2D eigenvalue weighted by molar-refractivity contribution is -0.192. The lowest BCUT2D eigenvalue weighted by atomic mass is 10.1. The van der Waals surface area contributed by atoms with Gasteiger partial charge in [-0.3, -0.25) is 19.0 Å². The number of aryl methyl sites for hydroxylation is 4. The number of unbranched alkanes of at least 4 members (excludes halogenated alkanes) is 1. The van der Waals surface area contributed by atoms with Gasteiger partial charge in [-0.15, -0.1) is 0 Å². The van der Waals surface area contributed by atoms with Gasteiger partial charge in [0.15, 0.2) is 11.0 Å². The van der Waals surface area contributed by atoms with E-state index < -0.39 is 36.8 Å². The van der Waals surface area contributed by atoms with Gasteiger partial charge in [-0.1, -0.05) is 70.4 Å². The highest BCUT2D eigenvalue weighted by Crippen LogP contribution is 2.35. The summed E-state index contributed by atoms with van der Waals surface area (Å²) in [6.07, 6.45) is 1.09. The number of nitrogens with zero attached hydrogens (tertiary/aromatic N) is 8. The highest BCUT2D eigenvalue weighted by atomic mass is 35.7. The zero-order valence-corrected chi connectivity index (χ0v) is 61.4. The summed E-state index contributed by atoms with van der Waals surface area (Å²) in [4.78, 5) is 61.8. The molecule has 3 aliphatic heterocycles. The van der Waals surface area contributed by atoms with Gasteiger partial charge in [0, 0.05) is 84.0 Å². The molecule has 4 aromatic heterocycles. The third-order valence-electron chi connectivity index (χ3n) is 14.8. The number of aliphatic hydroxyl groups is 3. The van der Waals surface area contributed by atoms with Crippen molar-refractivity contribution in [2.45, 2.75) is 153 Å². The maximum atomic E-state index is 13.2. The van der Waals surface area contributed by atoms with Crippen LogP contribution in [0.1, 0.15) is 111 Å². The van der Waals surface area contributed by atoms with E-state index in [2.05, 4.69) is 54.5 Å². The number of sulfonamides is 1. The molecule has 0 radical (unpaired) electrons. The van der Waals surface area contributed by atoms with Gasteiger partial charge < -0.3 is 69.0 Å². The number of carbonyl (C=O) groups excluding carboxylic acids is 1. The molecule has 0 aliphatic carbocycles. The Morgan fingerprint density at radius 3 is 1.54 bits per heavy atom. The average molecular weight is 1500 g/mol. The number of aromatic nitrogens is 8. The summed E-state index contributed by atoms with van der Waals surface area (Å²) < 4.78 is 119. The molecule has 0 bridgehead atoms. The van der Waals surface area contributed by atoms with E-state index in [1.807, 2.05) is 59.7 Å². The van der Waals surface area contributed by atoms with Crippen molar-refractivity contribution in [3.63, 3.8) is 0 Å². The first kappa shape index (κ1) is 85.0. The Hall–Kier alpha value is -7.64. The van der Waals surface area contributed by atoms with Crippen LogP contribution in [0.4, 0.5) is 18.0 Å². The van der Waals surface area contributed by atoms with Gasteiger partial charge >= 0.3 is 18.2 Å². The Bertz CT molecular complexity index is 4160. The normalized spacial score (nSPS) is 14.2. The molecule has 29 nitrogen and oxygen atoms in total. The maximum absolute atomic E-state index is 13.2. The molecule has 35 heteroatoms. The number of likely N-dealkylation sites (tertiary alicyclic amines) is 1. The van der Waals surface area contributed by atoms with E-state index in [0.29, 0.717) is 121 Å². The second kappa shape index (κ2) is 40.4. The molecule has 3 saturated heterocycles. The third-order valence-corrected chi connectivity index (χ3v) is 18.0. The first-order valence-corrected chi connectivity index (χ1v) is 37.1. The number of nitrogens with one attached hydrogen (secondary N) is 3. The number of hydrogen-bond donors (Lipinski definition) is 7. The first-order chi connectivity index (χ1) is 48.2. The van der Waals surface area contributed by atoms with Crippen LogP contribution >= 0.6 is 10.7 Å². The van der Waals surface area contributed by atoms with Crippen molar-refractivity contribution < 1.29 is 88.4 Å². The third kappa shape index (κ3) is 25.7. The maximum Gasteiger partial charge on any atom is 0.490 e. The topological polar surface area (TPSA) is 384 Å². The van der Waals surface area contributed by atoms with Crippen LogP contribution in [0.5, 0.6) is 11.5 Å². The number of alkyl halides is 3. The zero-order chi connectivity index (χ0) is 75.5. The fourth-order valence-corrected chi connectivity index (χ4v) is 11.9. The molecule has 0 unspecified atom stereocenters. The molecule has 102 heavy (non-hydrogen) atoms. The monoisotopic (exact) mass is 1500 g/mol. The van der Waals surface area contributed by atoms with Crippen molar-refractivity contribution >= 4 is 63.9 Å². The standard InChI is InChI=1S/C23H31N5O6S.C17H19ClN4O4S.C11H16O.C8H15NO3.C6H13NO2.C2HF3O2/c1-4-7-18-20-21(27(3)26-18)23(30)25-22(24-20)17-12-16(8-9-19(17)33-5-2)35(31,32)28-13-15(14-28)34-11-6-10-29;1-4-6-12-14-15(22(3)21-12)17(23)20-16(19-14)11-9-10(27(18,24)25)7-8-13(11)26-5-2;1-2-3-9-12-10-11-7-5-4-6-8-11;1-8(2,3)12-7(11)9-4-6(10)5-9;8-2-1-3-9-6-4-7-5-6;3-2(4,5)1(6)7/h8-9,12,15,29H,4-7,10-11,13-14H2,1-3H3,(H,24,25,30);7-9H,4-6H2,1-3H3,(H,19,20,23);4-8H,2-3,9-10H2,1H3;6,10H,4-5H2,1-3H3;6-8H,1-5H2;(H,6,7). The Balaban J connectivity index is 0.000000244. The molecule has 3 aliphatic rings. The Kier molecular flexibility index (Phi) is 33.7. The largest absolute Gasteiger partial charge is 0.493 e. The Morgan fingerprint density at radius 2 is 1.14 bits per heavy atom. The summed E-state index contributed by atoms with van der Waals surface area (Å²) in [6, 6.07) is 19.0. The number of aliphatic hydroxyl groups excluding tert-OH is 3. The molecular weight excluding hydrogens is 1400 g/mol. The number of amides is 1. The molecule has 1 amide bonds. The number of hydrogen-bond acceptors (Lipinski definition) is 22. The lowest BCUT2D eigenvalue weighted by Crippen LogP contribution is -2.54. The number of carboxylic acid groups (broad SMARTS) is 1. The quantitative estimate of drug-likeness (QED) is 0.0202. The number of benzene rings is 3. The highest BCUT2D eigenvalue weighted by molar-refractivity contribution is 8.13. The predicted molar refractivity (Wildman–Crippen MR) is 376 cm³/mol. The van der Waals surface area contributed by atoms with E-state index in [9.17, 15) is 44.4 Å². The van der Waals surface area contributed by atoms with Crippen molar-refractivity contribution in [1.82, 2.24) is 54.0 Å². The minimum atomic E-state index is -5.08. The van der Waals surface area contributed by atoms with Crippen molar-refractivity contribution in [3.05, 3.63) is 104 Å². The van der Waals surface area contributed by atoms with Crippen molar-refractivity contribution in [2.24, 2.45) is 14.1 Å². The van der Waals surface area contributed by atoms with Crippen LogP contribution in [-0.4, -0.2) is 214 Å². The lowest BCUT2D eigenvalue weighted by Gasteiger charge is -2.37.